The maximum absolute atomic E-state index is 12.6. The first-order valence-electron chi connectivity index (χ1n) is 11.9. The second-order valence-electron chi connectivity index (χ2n) is 8.96. The Kier molecular flexibility index (Phi) is 7.20. The first kappa shape index (κ1) is 23.4. The summed E-state index contributed by atoms with van der Waals surface area (Å²) in [6.07, 6.45) is 9.80. The third-order valence-corrected chi connectivity index (χ3v) is 8.59. The summed E-state index contributed by atoms with van der Waals surface area (Å²) in [5, 5.41) is 2.32. The lowest BCUT2D eigenvalue weighted by atomic mass is 9.97. The number of aromatic nitrogens is 2. The first-order chi connectivity index (χ1) is 16.6. The average molecular weight is 495 g/mol. The Morgan fingerprint density at radius 1 is 1.09 bits per heavy atom. The van der Waals surface area contributed by atoms with E-state index in [0.717, 1.165) is 66.6 Å². The molecule has 0 radical (unpaired) electrons. The van der Waals surface area contributed by atoms with Crippen LogP contribution >= 0.6 is 11.8 Å². The summed E-state index contributed by atoms with van der Waals surface area (Å²) in [7, 11) is -3.48. The molecule has 1 N–H and O–H groups in total. The third-order valence-electron chi connectivity index (χ3n) is 6.51. The zero-order chi connectivity index (χ0) is 23.4. The Labute approximate surface area is 205 Å². The predicted octanol–water partition coefficient (Wildman–Crippen LogP) is 4.56. The highest BCUT2D eigenvalue weighted by molar-refractivity contribution is 8.03. The number of pyridine rings is 1. The van der Waals surface area contributed by atoms with Gasteiger partial charge in [-0.15, -0.1) is 0 Å². The first-order valence-corrected chi connectivity index (χ1v) is 14.2. The number of benzene rings is 1. The summed E-state index contributed by atoms with van der Waals surface area (Å²) in [4.78, 5) is 7.79. The van der Waals surface area contributed by atoms with Crippen molar-refractivity contribution in [3.8, 4) is 0 Å². The van der Waals surface area contributed by atoms with Gasteiger partial charge in [-0.2, -0.15) is 0 Å². The number of likely N-dealkylation sites (tertiary alicyclic amines) is 1. The number of nitrogens with one attached hydrogen (secondary N) is 1. The number of piperidine rings is 1. The van der Waals surface area contributed by atoms with Gasteiger partial charge in [-0.25, -0.2) is 18.1 Å². The molecular formula is C26H30N4O2S2. The summed E-state index contributed by atoms with van der Waals surface area (Å²) >= 11 is 1.55. The van der Waals surface area contributed by atoms with Crippen molar-refractivity contribution in [3.63, 3.8) is 0 Å². The van der Waals surface area contributed by atoms with Gasteiger partial charge in [0.15, 0.2) is 0 Å². The molecule has 0 unspecified atom stereocenters. The maximum Gasteiger partial charge on any atom is 0.233 e. The lowest BCUT2D eigenvalue weighted by Gasteiger charge is -2.31. The van der Waals surface area contributed by atoms with Crippen LogP contribution in [0.2, 0.25) is 0 Å². The summed E-state index contributed by atoms with van der Waals surface area (Å²) < 4.78 is 30.0. The van der Waals surface area contributed by atoms with Crippen molar-refractivity contribution in [2.24, 2.45) is 5.92 Å². The fraction of sp³-hybridized carbons (Fsp3) is 0.346. The Bertz CT molecular complexity index is 1290. The minimum Gasteiger partial charge on any atom is -0.303 e. The Hall–Kier alpha value is -2.39. The zero-order valence-electron chi connectivity index (χ0n) is 19.1. The number of hydrogen-bond donors (Lipinski definition) is 1. The second kappa shape index (κ2) is 10.5. The van der Waals surface area contributed by atoms with E-state index >= 15 is 0 Å². The van der Waals surface area contributed by atoms with E-state index < -0.39 is 10.0 Å². The van der Waals surface area contributed by atoms with Crippen LogP contribution in [0.3, 0.4) is 0 Å². The van der Waals surface area contributed by atoms with Crippen molar-refractivity contribution in [1.29, 1.82) is 0 Å². The molecule has 34 heavy (non-hydrogen) atoms. The highest BCUT2D eigenvalue weighted by Crippen LogP contribution is 2.35. The quantitative estimate of drug-likeness (QED) is 0.472. The van der Waals surface area contributed by atoms with Crippen LogP contribution in [0.5, 0.6) is 0 Å². The molecule has 0 aliphatic carbocycles. The molecule has 2 aliphatic rings. The molecule has 8 heteroatoms. The van der Waals surface area contributed by atoms with E-state index in [2.05, 4.69) is 49.3 Å². The number of nitrogens with zero attached hydrogens (tertiary/aromatic N) is 3. The summed E-state index contributed by atoms with van der Waals surface area (Å²) in [5.41, 5.74) is 3.26. The van der Waals surface area contributed by atoms with Gasteiger partial charge in [0, 0.05) is 16.9 Å². The van der Waals surface area contributed by atoms with E-state index in [1.165, 1.54) is 11.0 Å². The van der Waals surface area contributed by atoms with E-state index in [0.29, 0.717) is 12.5 Å². The molecule has 4 heterocycles. The minimum atomic E-state index is -3.48. The molecule has 6 nitrogen and oxygen atoms in total. The van der Waals surface area contributed by atoms with Crippen molar-refractivity contribution in [1.82, 2.24) is 19.0 Å². The van der Waals surface area contributed by atoms with Crippen LogP contribution in [0.4, 0.5) is 0 Å². The number of hydrogen-bond acceptors (Lipinski definition) is 5. The van der Waals surface area contributed by atoms with Gasteiger partial charge in [-0.3, -0.25) is 4.40 Å². The maximum atomic E-state index is 12.6. The number of imidazole rings is 1. The van der Waals surface area contributed by atoms with E-state index in [4.69, 9.17) is 0 Å². The van der Waals surface area contributed by atoms with Crippen LogP contribution < -0.4 is 4.72 Å². The molecule has 1 aromatic carbocycles. The number of allylic oxidation sites excluding steroid dienone is 1. The fourth-order valence-corrected chi connectivity index (χ4v) is 6.56. The van der Waals surface area contributed by atoms with E-state index in [1.807, 2.05) is 30.5 Å². The summed E-state index contributed by atoms with van der Waals surface area (Å²) in [5.74, 6) is 0.392. The highest BCUT2D eigenvalue weighted by atomic mass is 32.2. The molecule has 3 aromatic rings. The molecule has 0 spiro atoms. The number of sulfonamides is 1. The van der Waals surface area contributed by atoms with Gasteiger partial charge in [0.05, 0.1) is 16.9 Å². The van der Waals surface area contributed by atoms with Crippen molar-refractivity contribution in [3.05, 3.63) is 82.4 Å². The monoisotopic (exact) mass is 494 g/mol. The average Bonchev–Trinajstić information content (AvgIpc) is 3.28. The van der Waals surface area contributed by atoms with Gasteiger partial charge in [0.2, 0.25) is 10.0 Å². The lowest BCUT2D eigenvalue weighted by molar-refractivity contribution is 0.184. The minimum absolute atomic E-state index is 0.392. The zero-order valence-corrected chi connectivity index (χ0v) is 20.8. The lowest BCUT2D eigenvalue weighted by Crippen LogP contribution is -2.38. The van der Waals surface area contributed by atoms with Crippen LogP contribution in [0.25, 0.3) is 11.7 Å². The molecule has 2 aromatic heterocycles. The molecule has 1 saturated heterocycles. The number of thioether (sulfide) groups is 1. The second-order valence-corrected chi connectivity index (χ2v) is 11.7. The molecule has 0 amide bonds. The van der Waals surface area contributed by atoms with Crippen LogP contribution in [0, 0.1) is 5.92 Å². The molecule has 178 valence electrons. The Morgan fingerprint density at radius 3 is 2.74 bits per heavy atom. The van der Waals surface area contributed by atoms with Gasteiger partial charge >= 0.3 is 0 Å². The highest BCUT2D eigenvalue weighted by Gasteiger charge is 2.20. The molecule has 2 aliphatic heterocycles. The standard InChI is InChI=1S/C26H30N4O2S2/c31-34(32,17-13-24-18-23-20-27-25-9-4-10-26(33-24)30(23)25)28-19-22-11-15-29(16-12-22)14-5-8-21-6-2-1-3-7-21/h1-4,6-7,9-10,13,17-18,20,22,28H,5,8,11-12,14-16,19H2. The van der Waals surface area contributed by atoms with Crippen molar-refractivity contribution in [2.75, 3.05) is 26.2 Å². The van der Waals surface area contributed by atoms with Crippen LogP contribution in [0.15, 0.2) is 76.1 Å². The smallest absolute Gasteiger partial charge is 0.233 e. The normalized spacial score (nSPS) is 17.5. The molecule has 1 fully saturated rings. The van der Waals surface area contributed by atoms with Crippen LogP contribution in [0.1, 0.15) is 30.5 Å². The fourth-order valence-electron chi connectivity index (χ4n) is 4.59. The van der Waals surface area contributed by atoms with Crippen LogP contribution in [-0.4, -0.2) is 48.9 Å². The largest absolute Gasteiger partial charge is 0.303 e. The number of aryl methyl sites for hydroxylation is 1. The molecule has 0 bridgehead atoms. The molecule has 0 atom stereocenters. The predicted molar refractivity (Wildman–Crippen MR) is 139 cm³/mol. The molecule has 0 saturated carbocycles. The summed E-state index contributed by atoms with van der Waals surface area (Å²) in [6, 6.07) is 16.6. The van der Waals surface area contributed by atoms with Crippen molar-refractivity contribution in [2.45, 2.75) is 30.7 Å². The van der Waals surface area contributed by atoms with Crippen LogP contribution in [-0.2, 0) is 16.4 Å². The Balaban J connectivity index is 1.06. The van der Waals surface area contributed by atoms with E-state index in [9.17, 15) is 8.42 Å². The van der Waals surface area contributed by atoms with Gasteiger partial charge < -0.3 is 4.90 Å². The van der Waals surface area contributed by atoms with Gasteiger partial charge in [0.1, 0.15) is 5.65 Å². The number of rotatable bonds is 9. The van der Waals surface area contributed by atoms with Gasteiger partial charge in [-0.1, -0.05) is 48.2 Å². The molecule has 5 rings (SSSR count). The van der Waals surface area contributed by atoms with Crippen molar-refractivity contribution < 1.29 is 8.42 Å². The van der Waals surface area contributed by atoms with Crippen molar-refractivity contribution >= 4 is 33.5 Å². The van der Waals surface area contributed by atoms with E-state index in [1.54, 1.807) is 17.8 Å². The topological polar surface area (TPSA) is 66.7 Å². The SMILES string of the molecule is O=S(=O)(C=CC1=Cc2cnc3cccc(n23)S1)NCC1CCN(CCCc2ccccc2)CC1. The van der Waals surface area contributed by atoms with Gasteiger partial charge in [-0.05, 0) is 81.1 Å². The Morgan fingerprint density at radius 2 is 1.91 bits per heavy atom. The third kappa shape index (κ3) is 5.81. The summed E-state index contributed by atoms with van der Waals surface area (Å²) in [6.45, 7) is 3.69. The van der Waals surface area contributed by atoms with E-state index in [-0.39, 0.29) is 0 Å². The molecular weight excluding hydrogens is 464 g/mol. The van der Waals surface area contributed by atoms with Gasteiger partial charge in [0.25, 0.3) is 0 Å².